The van der Waals surface area contributed by atoms with Crippen LogP contribution in [0.25, 0.3) is 0 Å². The summed E-state index contributed by atoms with van der Waals surface area (Å²) in [5.41, 5.74) is 0. The quantitative estimate of drug-likeness (QED) is 0.581. The van der Waals surface area contributed by atoms with Gasteiger partial charge in [0.25, 0.3) is 0 Å². The van der Waals surface area contributed by atoms with Crippen molar-refractivity contribution < 1.29 is 0 Å². The van der Waals surface area contributed by atoms with E-state index < -0.39 is 0 Å². The summed E-state index contributed by atoms with van der Waals surface area (Å²) in [5, 5.41) is 8.40. The molecule has 0 N–H and O–H groups in total. The molecule has 0 saturated carbocycles. The van der Waals surface area contributed by atoms with Crippen LogP contribution in [-0.4, -0.2) is 6.26 Å². The minimum absolute atomic E-state index is 0.791. The molecule has 0 bridgehead atoms. The highest BCUT2D eigenvalue weighted by molar-refractivity contribution is 8.00. The second-order valence-corrected chi connectivity index (χ2v) is 3.62. The van der Waals surface area contributed by atoms with Crippen LogP contribution in [0.1, 0.15) is 4.88 Å². The van der Waals surface area contributed by atoms with Gasteiger partial charge in [-0.25, -0.2) is 0 Å². The zero-order chi connectivity index (χ0) is 6.69. The van der Waals surface area contributed by atoms with Gasteiger partial charge in [-0.1, -0.05) is 0 Å². The molecule has 1 rings (SSSR count). The van der Waals surface area contributed by atoms with Crippen molar-refractivity contribution in [2.24, 2.45) is 0 Å². The van der Waals surface area contributed by atoms with Crippen molar-refractivity contribution in [3.05, 3.63) is 17.0 Å². The molecule has 0 spiro atoms. The van der Waals surface area contributed by atoms with Gasteiger partial charge in [-0.15, -0.1) is 23.1 Å². The Morgan fingerprint density at radius 1 is 1.67 bits per heavy atom. The van der Waals surface area contributed by atoms with Gasteiger partial charge in [-0.3, -0.25) is 0 Å². The summed E-state index contributed by atoms with van der Waals surface area (Å²) >= 11 is 3.21. The summed E-state index contributed by atoms with van der Waals surface area (Å²) in [7, 11) is 0. The van der Waals surface area contributed by atoms with E-state index >= 15 is 0 Å². The number of nitrogens with zero attached hydrogens (tertiary/aromatic N) is 1. The highest BCUT2D eigenvalue weighted by Crippen LogP contribution is 2.23. The van der Waals surface area contributed by atoms with Gasteiger partial charge in [0.15, 0.2) is 0 Å². The van der Waals surface area contributed by atoms with E-state index in [0.717, 1.165) is 4.88 Å². The third kappa shape index (κ3) is 1.47. The molecule has 0 aromatic carbocycles. The van der Waals surface area contributed by atoms with Gasteiger partial charge in [0.1, 0.15) is 10.9 Å². The Hall–Kier alpha value is -0.460. The standard InChI is InChI=1S/C6H5NS2/c1-8-6-3-2-5(4-7)9-6/h2-3H,1H3. The van der Waals surface area contributed by atoms with E-state index in [2.05, 4.69) is 6.07 Å². The lowest BCUT2D eigenvalue weighted by Gasteiger charge is -1.79. The van der Waals surface area contributed by atoms with E-state index in [1.54, 1.807) is 11.8 Å². The molecule has 3 heteroatoms. The number of thiophene rings is 1. The van der Waals surface area contributed by atoms with Crippen LogP contribution >= 0.6 is 23.1 Å². The predicted molar refractivity (Wildman–Crippen MR) is 40.8 cm³/mol. The zero-order valence-electron chi connectivity index (χ0n) is 4.92. The van der Waals surface area contributed by atoms with E-state index in [9.17, 15) is 0 Å². The first-order valence-electron chi connectivity index (χ1n) is 2.40. The largest absolute Gasteiger partial charge is 0.192 e. The average molecular weight is 155 g/mol. The lowest BCUT2D eigenvalue weighted by atomic mass is 10.5. The third-order valence-electron chi connectivity index (χ3n) is 0.893. The molecule has 9 heavy (non-hydrogen) atoms. The number of thioether (sulfide) groups is 1. The number of hydrogen-bond donors (Lipinski definition) is 0. The molecule has 0 aliphatic carbocycles. The molecule has 1 aromatic rings. The molecule has 0 unspecified atom stereocenters. The average Bonchev–Trinajstić information content (AvgIpc) is 2.34. The Labute approximate surface area is 62.3 Å². The summed E-state index contributed by atoms with van der Waals surface area (Å²) in [5.74, 6) is 0. The van der Waals surface area contributed by atoms with Crippen LogP contribution in [0.3, 0.4) is 0 Å². The van der Waals surface area contributed by atoms with Crippen molar-refractivity contribution in [2.45, 2.75) is 4.21 Å². The molecule has 0 amide bonds. The maximum absolute atomic E-state index is 8.40. The summed E-state index contributed by atoms with van der Waals surface area (Å²) in [4.78, 5) is 0.791. The summed E-state index contributed by atoms with van der Waals surface area (Å²) in [6, 6.07) is 5.90. The van der Waals surface area contributed by atoms with E-state index in [-0.39, 0.29) is 0 Å². The van der Waals surface area contributed by atoms with Gasteiger partial charge in [-0.2, -0.15) is 5.26 Å². The number of hydrogen-bond acceptors (Lipinski definition) is 3. The van der Waals surface area contributed by atoms with Crippen molar-refractivity contribution >= 4 is 23.1 Å². The fourth-order valence-corrected chi connectivity index (χ4v) is 1.83. The second kappa shape index (κ2) is 2.90. The van der Waals surface area contributed by atoms with Gasteiger partial charge < -0.3 is 0 Å². The Bertz CT molecular complexity index is 233. The molecule has 0 fully saturated rings. The van der Waals surface area contributed by atoms with Crippen LogP contribution < -0.4 is 0 Å². The molecule has 1 aromatic heterocycles. The monoisotopic (exact) mass is 155 g/mol. The minimum Gasteiger partial charge on any atom is -0.192 e. The van der Waals surface area contributed by atoms with Crippen molar-refractivity contribution in [1.82, 2.24) is 0 Å². The fourth-order valence-electron chi connectivity index (χ4n) is 0.490. The molecule has 0 atom stereocenters. The van der Waals surface area contributed by atoms with Crippen LogP contribution in [0.5, 0.6) is 0 Å². The zero-order valence-corrected chi connectivity index (χ0v) is 6.55. The van der Waals surface area contributed by atoms with Gasteiger partial charge in [0.05, 0.1) is 4.21 Å². The molecule has 1 nitrogen and oxygen atoms in total. The van der Waals surface area contributed by atoms with Crippen LogP contribution in [-0.2, 0) is 0 Å². The Kier molecular flexibility index (Phi) is 2.15. The smallest absolute Gasteiger partial charge is 0.110 e. The molecule has 0 aliphatic heterocycles. The van der Waals surface area contributed by atoms with Crippen molar-refractivity contribution in [2.75, 3.05) is 6.26 Å². The number of nitriles is 1. The summed E-state index contributed by atoms with van der Waals surface area (Å²) in [6.07, 6.45) is 2.01. The lowest BCUT2D eigenvalue weighted by molar-refractivity contribution is 1.52. The maximum Gasteiger partial charge on any atom is 0.110 e. The molecule has 0 saturated heterocycles. The van der Waals surface area contributed by atoms with E-state index in [4.69, 9.17) is 5.26 Å². The van der Waals surface area contributed by atoms with Gasteiger partial charge in [0.2, 0.25) is 0 Å². The minimum atomic E-state index is 0.791. The van der Waals surface area contributed by atoms with Crippen LogP contribution in [0, 0.1) is 11.3 Å². The van der Waals surface area contributed by atoms with Crippen LogP contribution in [0.15, 0.2) is 16.3 Å². The van der Waals surface area contributed by atoms with Gasteiger partial charge in [-0.05, 0) is 18.4 Å². The van der Waals surface area contributed by atoms with E-state index in [0.29, 0.717) is 0 Å². The van der Waals surface area contributed by atoms with Crippen molar-refractivity contribution in [3.63, 3.8) is 0 Å². The first-order chi connectivity index (χ1) is 4.36. The third-order valence-corrected chi connectivity index (χ3v) is 2.97. The molecule has 1 heterocycles. The SMILES string of the molecule is CSc1ccc(C#N)s1. The topological polar surface area (TPSA) is 23.8 Å². The van der Waals surface area contributed by atoms with Crippen molar-refractivity contribution in [1.29, 1.82) is 5.26 Å². The Morgan fingerprint density at radius 2 is 2.44 bits per heavy atom. The van der Waals surface area contributed by atoms with Crippen LogP contribution in [0.4, 0.5) is 0 Å². The summed E-state index contributed by atoms with van der Waals surface area (Å²) < 4.78 is 1.20. The van der Waals surface area contributed by atoms with Gasteiger partial charge >= 0.3 is 0 Å². The fraction of sp³-hybridized carbons (Fsp3) is 0.167. The first-order valence-corrected chi connectivity index (χ1v) is 4.45. The molecule has 0 aliphatic rings. The van der Waals surface area contributed by atoms with Gasteiger partial charge in [0, 0.05) is 0 Å². The van der Waals surface area contributed by atoms with E-state index in [1.807, 2.05) is 18.4 Å². The molecular weight excluding hydrogens is 150 g/mol. The molecule has 46 valence electrons. The Morgan fingerprint density at radius 3 is 2.78 bits per heavy atom. The van der Waals surface area contributed by atoms with Crippen molar-refractivity contribution in [3.8, 4) is 6.07 Å². The molecular formula is C6H5NS2. The summed E-state index contributed by atoms with van der Waals surface area (Å²) in [6.45, 7) is 0. The Balaban J connectivity index is 2.90. The lowest BCUT2D eigenvalue weighted by Crippen LogP contribution is -1.50. The van der Waals surface area contributed by atoms with Crippen LogP contribution in [0.2, 0.25) is 0 Å². The second-order valence-electron chi connectivity index (χ2n) is 1.43. The van der Waals surface area contributed by atoms with E-state index in [1.165, 1.54) is 15.5 Å². The highest BCUT2D eigenvalue weighted by Gasteiger charge is 1.94. The highest BCUT2D eigenvalue weighted by atomic mass is 32.2. The normalized spacial score (nSPS) is 8.89. The maximum atomic E-state index is 8.40. The number of rotatable bonds is 1. The first kappa shape index (κ1) is 6.66. The predicted octanol–water partition coefficient (Wildman–Crippen LogP) is 2.34. The molecule has 0 radical (unpaired) electrons.